The van der Waals surface area contributed by atoms with Crippen LogP contribution in [0.1, 0.15) is 17.5 Å². The third kappa shape index (κ3) is 3.20. The number of aromatic nitrogens is 1. The van der Waals surface area contributed by atoms with Crippen LogP contribution in [0.25, 0.3) is 10.8 Å². The first-order chi connectivity index (χ1) is 12.7. The van der Waals surface area contributed by atoms with Crippen molar-refractivity contribution < 1.29 is 0 Å². The Bertz CT molecular complexity index is 926. The molecule has 4 heteroatoms. The lowest BCUT2D eigenvalue weighted by molar-refractivity contribution is 0.403. The predicted molar refractivity (Wildman–Crippen MR) is 109 cm³/mol. The first kappa shape index (κ1) is 16.7. The van der Waals surface area contributed by atoms with Gasteiger partial charge >= 0.3 is 0 Å². The molecule has 2 aromatic carbocycles. The minimum atomic E-state index is 0.651. The number of rotatable bonds is 6. The third-order valence-corrected chi connectivity index (χ3v) is 4.79. The Kier molecular flexibility index (Phi) is 4.67. The van der Waals surface area contributed by atoms with Crippen molar-refractivity contribution in [1.82, 2.24) is 9.88 Å². The minimum Gasteiger partial charge on any atom is -0.326 e. The van der Waals surface area contributed by atoms with E-state index in [1.165, 1.54) is 22.0 Å². The van der Waals surface area contributed by atoms with Crippen LogP contribution < -0.4 is 4.90 Å². The minimum absolute atomic E-state index is 0.651. The van der Waals surface area contributed by atoms with Gasteiger partial charge in [0.25, 0.3) is 0 Å². The number of benzene rings is 2. The first-order valence-corrected chi connectivity index (χ1v) is 9.12. The summed E-state index contributed by atoms with van der Waals surface area (Å²) in [6.07, 6.45) is 4.79. The molecule has 1 aliphatic heterocycles. The quantitative estimate of drug-likeness (QED) is 0.678. The van der Waals surface area contributed by atoms with E-state index >= 15 is 0 Å². The van der Waals surface area contributed by atoms with E-state index in [0.717, 1.165) is 30.9 Å². The van der Waals surface area contributed by atoms with E-state index in [9.17, 15) is 0 Å². The number of aliphatic imine (C=N–C) groups is 1. The Morgan fingerprint density at radius 2 is 1.88 bits per heavy atom. The van der Waals surface area contributed by atoms with E-state index in [0.29, 0.717) is 6.54 Å². The molecule has 1 aliphatic rings. The molecule has 0 unspecified atom stereocenters. The van der Waals surface area contributed by atoms with Gasteiger partial charge in [-0.3, -0.25) is 9.98 Å². The van der Waals surface area contributed by atoms with Gasteiger partial charge in [0.2, 0.25) is 0 Å². The van der Waals surface area contributed by atoms with Crippen molar-refractivity contribution >= 4 is 22.3 Å². The molecule has 4 nitrogen and oxygen atoms in total. The zero-order valence-corrected chi connectivity index (χ0v) is 15.4. The second-order valence-electron chi connectivity index (χ2n) is 6.99. The summed E-state index contributed by atoms with van der Waals surface area (Å²) in [5, 5.41) is 2.61. The highest BCUT2D eigenvalue weighted by Crippen LogP contribution is 2.37. The topological polar surface area (TPSA) is 31.7 Å². The van der Waals surface area contributed by atoms with Crippen molar-refractivity contribution in [2.24, 2.45) is 4.99 Å². The summed E-state index contributed by atoms with van der Waals surface area (Å²) in [5.41, 5.74) is 3.66. The van der Waals surface area contributed by atoms with E-state index in [4.69, 9.17) is 4.99 Å². The summed E-state index contributed by atoms with van der Waals surface area (Å²) in [6, 6.07) is 17.1. The molecule has 0 bridgehead atoms. The Balaban J connectivity index is 1.71. The maximum atomic E-state index is 5.00. The molecule has 0 aliphatic carbocycles. The van der Waals surface area contributed by atoms with Crippen molar-refractivity contribution in [2.75, 3.05) is 32.1 Å². The highest BCUT2D eigenvalue weighted by Gasteiger charge is 2.27. The molecule has 0 atom stereocenters. The normalized spacial score (nSPS) is 14.7. The molecule has 0 fully saturated rings. The fourth-order valence-electron chi connectivity index (χ4n) is 3.59. The van der Waals surface area contributed by atoms with Crippen molar-refractivity contribution in [1.29, 1.82) is 0 Å². The lowest BCUT2D eigenvalue weighted by Gasteiger charge is -2.22. The van der Waals surface area contributed by atoms with Crippen molar-refractivity contribution in [3.8, 4) is 0 Å². The second kappa shape index (κ2) is 7.26. The lowest BCUT2D eigenvalue weighted by Crippen LogP contribution is -2.31. The third-order valence-electron chi connectivity index (χ3n) is 4.79. The van der Waals surface area contributed by atoms with Gasteiger partial charge in [-0.1, -0.05) is 36.4 Å². The number of anilines is 1. The van der Waals surface area contributed by atoms with Crippen LogP contribution in [0.4, 0.5) is 5.69 Å². The summed E-state index contributed by atoms with van der Waals surface area (Å²) < 4.78 is 0. The summed E-state index contributed by atoms with van der Waals surface area (Å²) in [7, 11) is 4.24. The molecule has 0 spiro atoms. The Labute approximate surface area is 154 Å². The van der Waals surface area contributed by atoms with Crippen LogP contribution in [0.15, 0.2) is 65.9 Å². The standard InChI is InChI=1S/C22H24N4/c1-25(2)13-6-14-26-20-11-4-9-18-8-3-10-19(21(18)20)22(26)24-16-17-7-5-12-23-15-17/h3-5,7-12,15H,6,13-14,16H2,1-2H3. The SMILES string of the molecule is CN(C)CCCN1C(=NCc2cccnc2)c2cccc3cccc1c23. The van der Waals surface area contributed by atoms with E-state index in [-0.39, 0.29) is 0 Å². The molecule has 1 aromatic heterocycles. The van der Waals surface area contributed by atoms with Gasteiger partial charge in [-0.2, -0.15) is 0 Å². The van der Waals surface area contributed by atoms with Crippen LogP contribution in [-0.2, 0) is 6.54 Å². The fraction of sp³-hybridized carbons (Fsp3) is 0.273. The van der Waals surface area contributed by atoms with Crippen LogP contribution >= 0.6 is 0 Å². The largest absolute Gasteiger partial charge is 0.326 e. The first-order valence-electron chi connectivity index (χ1n) is 9.12. The summed E-state index contributed by atoms with van der Waals surface area (Å²) >= 11 is 0. The van der Waals surface area contributed by atoms with Gasteiger partial charge in [-0.05, 0) is 50.1 Å². The van der Waals surface area contributed by atoms with Crippen LogP contribution in [0.3, 0.4) is 0 Å². The van der Waals surface area contributed by atoms with Gasteiger partial charge in [0, 0.05) is 29.9 Å². The number of hydrogen-bond donors (Lipinski definition) is 0. The zero-order valence-electron chi connectivity index (χ0n) is 15.4. The molecular weight excluding hydrogens is 320 g/mol. The van der Waals surface area contributed by atoms with Crippen LogP contribution in [0.2, 0.25) is 0 Å². The van der Waals surface area contributed by atoms with E-state index in [1.807, 2.05) is 12.3 Å². The van der Waals surface area contributed by atoms with Gasteiger partial charge in [-0.15, -0.1) is 0 Å². The van der Waals surface area contributed by atoms with Crippen molar-refractivity contribution in [3.63, 3.8) is 0 Å². The molecule has 0 amide bonds. The lowest BCUT2D eigenvalue weighted by atomic mass is 10.1. The fourth-order valence-corrected chi connectivity index (χ4v) is 3.59. The maximum Gasteiger partial charge on any atom is 0.136 e. The monoisotopic (exact) mass is 344 g/mol. The Morgan fingerprint density at radius 1 is 1.04 bits per heavy atom. The average Bonchev–Trinajstić information content (AvgIpc) is 2.96. The van der Waals surface area contributed by atoms with Crippen molar-refractivity contribution in [3.05, 3.63) is 72.1 Å². The predicted octanol–water partition coefficient (Wildman–Crippen LogP) is 3.95. The maximum absolute atomic E-state index is 5.00. The Morgan fingerprint density at radius 3 is 2.65 bits per heavy atom. The molecule has 26 heavy (non-hydrogen) atoms. The number of amidine groups is 1. The highest BCUT2D eigenvalue weighted by molar-refractivity contribution is 6.27. The van der Waals surface area contributed by atoms with Gasteiger partial charge in [0.05, 0.1) is 12.2 Å². The summed E-state index contributed by atoms with van der Waals surface area (Å²) in [4.78, 5) is 13.8. The highest BCUT2D eigenvalue weighted by atomic mass is 15.2. The molecule has 2 heterocycles. The number of pyridine rings is 1. The number of hydrogen-bond acceptors (Lipinski definition) is 3. The van der Waals surface area contributed by atoms with Gasteiger partial charge in [0.1, 0.15) is 5.84 Å². The summed E-state index contributed by atoms with van der Waals surface area (Å²) in [6.45, 7) is 2.69. The summed E-state index contributed by atoms with van der Waals surface area (Å²) in [5.74, 6) is 1.08. The van der Waals surface area contributed by atoms with E-state index in [2.05, 4.69) is 71.3 Å². The average molecular weight is 344 g/mol. The van der Waals surface area contributed by atoms with Gasteiger partial charge in [-0.25, -0.2) is 0 Å². The van der Waals surface area contributed by atoms with Crippen LogP contribution in [0, 0.1) is 0 Å². The van der Waals surface area contributed by atoms with Gasteiger partial charge < -0.3 is 9.80 Å². The second-order valence-corrected chi connectivity index (χ2v) is 6.99. The molecule has 3 aromatic rings. The number of nitrogens with zero attached hydrogens (tertiary/aromatic N) is 4. The smallest absolute Gasteiger partial charge is 0.136 e. The molecule has 0 saturated heterocycles. The van der Waals surface area contributed by atoms with Crippen molar-refractivity contribution in [2.45, 2.75) is 13.0 Å². The molecular formula is C22H24N4. The van der Waals surface area contributed by atoms with Crippen LogP contribution in [0.5, 0.6) is 0 Å². The van der Waals surface area contributed by atoms with E-state index in [1.54, 1.807) is 6.20 Å². The van der Waals surface area contributed by atoms with Crippen LogP contribution in [-0.4, -0.2) is 42.9 Å². The zero-order chi connectivity index (χ0) is 17.9. The van der Waals surface area contributed by atoms with Gasteiger partial charge in [0.15, 0.2) is 0 Å². The molecule has 132 valence electrons. The molecule has 0 N–H and O–H groups in total. The molecule has 4 rings (SSSR count). The Hall–Kier alpha value is -2.72. The molecule has 0 radical (unpaired) electrons. The molecule has 0 saturated carbocycles. The van der Waals surface area contributed by atoms with E-state index < -0.39 is 0 Å².